The third-order valence-corrected chi connectivity index (χ3v) is 5.47. The fraction of sp³-hybridized carbons (Fsp3) is 0.625. The van der Waals surface area contributed by atoms with E-state index in [0.717, 1.165) is 30.0 Å². The summed E-state index contributed by atoms with van der Waals surface area (Å²) < 4.78 is 0. The van der Waals surface area contributed by atoms with Gasteiger partial charge in [-0.15, -0.1) is 11.3 Å². The fourth-order valence-electron chi connectivity index (χ4n) is 2.94. The lowest BCUT2D eigenvalue weighted by molar-refractivity contribution is 0.220. The van der Waals surface area contributed by atoms with E-state index < -0.39 is 0 Å². The van der Waals surface area contributed by atoms with Gasteiger partial charge in [-0.3, -0.25) is 0 Å². The standard InChI is InChI=1S/C16H23N3OS/c1-16(2,7-8-20)9-17-14-13-11-5-3-4-6-12(11)21-15(13)19-10-18-14/h10,20H,3-9H2,1-2H3,(H,17,18,19). The smallest absolute Gasteiger partial charge is 0.138 e. The average molecular weight is 305 g/mol. The molecule has 5 heteroatoms. The first kappa shape index (κ1) is 14.7. The quantitative estimate of drug-likeness (QED) is 0.889. The van der Waals surface area contributed by atoms with Gasteiger partial charge in [0.2, 0.25) is 0 Å². The lowest BCUT2D eigenvalue weighted by Crippen LogP contribution is -2.24. The molecule has 0 aromatic carbocycles. The second-order valence-corrected chi connectivity index (χ2v) is 7.69. The van der Waals surface area contributed by atoms with Crippen LogP contribution >= 0.6 is 11.3 Å². The number of rotatable bonds is 5. The minimum Gasteiger partial charge on any atom is -0.396 e. The minimum absolute atomic E-state index is 0.0576. The highest BCUT2D eigenvalue weighted by Crippen LogP contribution is 2.38. The second kappa shape index (κ2) is 5.89. The summed E-state index contributed by atoms with van der Waals surface area (Å²) in [5.74, 6) is 0.963. The number of anilines is 1. The van der Waals surface area contributed by atoms with Gasteiger partial charge in [-0.05, 0) is 43.1 Å². The summed E-state index contributed by atoms with van der Waals surface area (Å²) in [7, 11) is 0. The Morgan fingerprint density at radius 2 is 2.10 bits per heavy atom. The van der Waals surface area contributed by atoms with E-state index in [2.05, 4.69) is 29.1 Å². The number of aliphatic hydroxyl groups excluding tert-OH is 1. The van der Waals surface area contributed by atoms with Crippen molar-refractivity contribution in [3.8, 4) is 0 Å². The van der Waals surface area contributed by atoms with Crippen molar-refractivity contribution < 1.29 is 5.11 Å². The highest BCUT2D eigenvalue weighted by Gasteiger charge is 2.22. The van der Waals surface area contributed by atoms with Crippen LogP contribution in [0.4, 0.5) is 5.82 Å². The number of hydrogen-bond donors (Lipinski definition) is 2. The number of aryl methyl sites for hydroxylation is 2. The van der Waals surface area contributed by atoms with E-state index in [1.54, 1.807) is 6.33 Å². The Balaban J connectivity index is 1.90. The molecule has 2 aromatic rings. The van der Waals surface area contributed by atoms with Crippen molar-refractivity contribution in [1.29, 1.82) is 0 Å². The van der Waals surface area contributed by atoms with Gasteiger partial charge < -0.3 is 10.4 Å². The number of thiophene rings is 1. The molecule has 0 bridgehead atoms. The lowest BCUT2D eigenvalue weighted by Gasteiger charge is -2.24. The van der Waals surface area contributed by atoms with Crippen molar-refractivity contribution in [2.45, 2.75) is 46.0 Å². The zero-order valence-electron chi connectivity index (χ0n) is 12.8. The van der Waals surface area contributed by atoms with Crippen molar-refractivity contribution in [2.75, 3.05) is 18.5 Å². The van der Waals surface area contributed by atoms with Crippen molar-refractivity contribution in [3.05, 3.63) is 16.8 Å². The van der Waals surface area contributed by atoms with Crippen LogP contribution < -0.4 is 5.32 Å². The molecule has 0 saturated carbocycles. The summed E-state index contributed by atoms with van der Waals surface area (Å²) in [5.41, 5.74) is 1.52. The van der Waals surface area contributed by atoms with Gasteiger partial charge in [0, 0.05) is 18.0 Å². The number of fused-ring (bicyclic) bond motifs is 3. The Morgan fingerprint density at radius 3 is 2.90 bits per heavy atom. The molecule has 114 valence electrons. The maximum Gasteiger partial charge on any atom is 0.138 e. The van der Waals surface area contributed by atoms with Crippen LogP contribution in [0.25, 0.3) is 10.2 Å². The van der Waals surface area contributed by atoms with E-state index in [-0.39, 0.29) is 12.0 Å². The maximum absolute atomic E-state index is 9.14. The van der Waals surface area contributed by atoms with E-state index in [9.17, 15) is 0 Å². The van der Waals surface area contributed by atoms with Crippen molar-refractivity contribution in [2.24, 2.45) is 5.41 Å². The SMILES string of the molecule is CC(C)(CCO)CNc1ncnc2sc3c(c12)CCCC3. The first-order valence-corrected chi connectivity index (χ1v) is 8.52. The molecular weight excluding hydrogens is 282 g/mol. The average Bonchev–Trinajstić information content (AvgIpc) is 2.84. The van der Waals surface area contributed by atoms with E-state index >= 15 is 0 Å². The molecule has 0 radical (unpaired) electrons. The molecule has 0 aliphatic heterocycles. The fourth-order valence-corrected chi connectivity index (χ4v) is 4.17. The maximum atomic E-state index is 9.14. The zero-order valence-corrected chi connectivity index (χ0v) is 13.6. The van der Waals surface area contributed by atoms with Crippen LogP contribution in [0.5, 0.6) is 0 Å². The summed E-state index contributed by atoms with van der Waals surface area (Å²) in [6.45, 7) is 5.36. The predicted molar refractivity (Wildman–Crippen MR) is 88.0 cm³/mol. The number of nitrogens with one attached hydrogen (secondary N) is 1. The predicted octanol–water partition coefficient (Wildman–Crippen LogP) is 3.39. The normalized spacial score (nSPS) is 15.2. The van der Waals surface area contributed by atoms with Crippen molar-refractivity contribution in [3.63, 3.8) is 0 Å². The summed E-state index contributed by atoms with van der Waals surface area (Å²) in [4.78, 5) is 11.5. The highest BCUT2D eigenvalue weighted by atomic mass is 32.1. The number of hydrogen-bond acceptors (Lipinski definition) is 5. The molecule has 0 saturated heterocycles. The monoisotopic (exact) mass is 305 g/mol. The number of aliphatic hydroxyl groups is 1. The second-order valence-electron chi connectivity index (χ2n) is 6.60. The van der Waals surface area contributed by atoms with Gasteiger partial charge in [-0.25, -0.2) is 9.97 Å². The third-order valence-electron chi connectivity index (χ3n) is 4.27. The lowest BCUT2D eigenvalue weighted by atomic mass is 9.89. The van der Waals surface area contributed by atoms with E-state index in [1.807, 2.05) is 11.3 Å². The minimum atomic E-state index is 0.0576. The van der Waals surface area contributed by atoms with Gasteiger partial charge in [-0.2, -0.15) is 0 Å². The Hall–Kier alpha value is -1.20. The van der Waals surface area contributed by atoms with E-state index in [4.69, 9.17) is 5.11 Å². The van der Waals surface area contributed by atoms with E-state index in [1.165, 1.54) is 35.1 Å². The largest absolute Gasteiger partial charge is 0.396 e. The molecule has 21 heavy (non-hydrogen) atoms. The molecule has 3 rings (SSSR count). The van der Waals surface area contributed by atoms with Gasteiger partial charge in [0.1, 0.15) is 17.0 Å². The summed E-state index contributed by atoms with van der Waals surface area (Å²) in [5, 5.41) is 13.9. The summed E-state index contributed by atoms with van der Waals surface area (Å²) in [6.07, 6.45) is 7.34. The molecule has 0 atom stereocenters. The van der Waals surface area contributed by atoms with Crippen LogP contribution in [0.1, 0.15) is 43.6 Å². The molecule has 2 N–H and O–H groups in total. The summed E-state index contributed by atoms with van der Waals surface area (Å²) >= 11 is 1.83. The van der Waals surface area contributed by atoms with Crippen LogP contribution in [0.3, 0.4) is 0 Å². The molecule has 0 fully saturated rings. The Bertz CT molecular complexity index is 636. The first-order chi connectivity index (χ1) is 10.1. The molecule has 1 aliphatic rings. The van der Waals surface area contributed by atoms with Crippen LogP contribution in [0.15, 0.2) is 6.33 Å². The molecule has 4 nitrogen and oxygen atoms in total. The Labute approximate surface area is 129 Å². The van der Waals surface area contributed by atoms with Crippen LogP contribution in [0.2, 0.25) is 0 Å². The topological polar surface area (TPSA) is 58.0 Å². The van der Waals surface area contributed by atoms with Crippen LogP contribution in [-0.2, 0) is 12.8 Å². The van der Waals surface area contributed by atoms with Crippen molar-refractivity contribution in [1.82, 2.24) is 9.97 Å². The van der Waals surface area contributed by atoms with Crippen LogP contribution in [0, 0.1) is 5.41 Å². The first-order valence-electron chi connectivity index (χ1n) is 7.71. The highest BCUT2D eigenvalue weighted by molar-refractivity contribution is 7.19. The third kappa shape index (κ3) is 3.04. The van der Waals surface area contributed by atoms with Gasteiger partial charge >= 0.3 is 0 Å². The van der Waals surface area contributed by atoms with Crippen molar-refractivity contribution >= 4 is 27.4 Å². The van der Waals surface area contributed by atoms with Gasteiger partial charge in [0.15, 0.2) is 0 Å². The van der Waals surface area contributed by atoms with Gasteiger partial charge in [-0.1, -0.05) is 13.8 Å². The molecule has 1 aliphatic carbocycles. The molecule has 2 aromatic heterocycles. The zero-order chi connectivity index (χ0) is 14.9. The van der Waals surface area contributed by atoms with Gasteiger partial charge in [0.25, 0.3) is 0 Å². The molecule has 0 unspecified atom stereocenters. The Kier molecular flexibility index (Phi) is 4.13. The molecule has 0 amide bonds. The molecule has 0 spiro atoms. The summed E-state index contributed by atoms with van der Waals surface area (Å²) in [6, 6.07) is 0. The Morgan fingerprint density at radius 1 is 1.29 bits per heavy atom. The number of nitrogens with zero attached hydrogens (tertiary/aromatic N) is 2. The van der Waals surface area contributed by atoms with Crippen LogP contribution in [-0.4, -0.2) is 28.2 Å². The molecular formula is C16H23N3OS. The van der Waals surface area contributed by atoms with Gasteiger partial charge in [0.05, 0.1) is 5.39 Å². The number of aromatic nitrogens is 2. The van der Waals surface area contributed by atoms with E-state index in [0.29, 0.717) is 0 Å². The molecule has 2 heterocycles.